The van der Waals surface area contributed by atoms with Crippen LogP contribution in [-0.4, -0.2) is 56.3 Å². The minimum absolute atomic E-state index is 0.146. The van der Waals surface area contributed by atoms with Crippen LogP contribution in [0.25, 0.3) is 11.4 Å². The van der Waals surface area contributed by atoms with E-state index in [0.717, 1.165) is 5.56 Å². The Morgan fingerprint density at radius 3 is 2.68 bits per heavy atom. The lowest BCUT2D eigenvalue weighted by Gasteiger charge is -2.25. The zero-order valence-corrected chi connectivity index (χ0v) is 19.0. The number of aryl methyl sites for hydroxylation is 2. The van der Waals surface area contributed by atoms with Gasteiger partial charge >= 0.3 is 0 Å². The predicted octanol–water partition coefficient (Wildman–Crippen LogP) is 3.32. The molecule has 1 aromatic carbocycles. The fraction of sp³-hybridized carbons (Fsp3) is 0.292. The van der Waals surface area contributed by atoms with Crippen LogP contribution in [0.2, 0.25) is 0 Å². The molecule has 1 aliphatic rings. The van der Waals surface area contributed by atoms with Gasteiger partial charge in [0.05, 0.1) is 22.2 Å². The SMILES string of the molecule is COCCCN1C(=O)C(=O)/C(=C(/O)c2nc3c(C)cccn3c2C)C1c1cccc([N+](=O)[O-])c1. The quantitative estimate of drug-likeness (QED) is 0.142. The summed E-state index contributed by atoms with van der Waals surface area (Å²) < 4.78 is 6.87. The molecule has 1 unspecified atom stereocenters. The molecule has 2 aromatic heterocycles. The first-order valence-electron chi connectivity index (χ1n) is 10.7. The standard InChI is InChI=1S/C24H24N4O6/c1-14-7-5-10-26-15(2)19(25-23(14)26)21(29)18-20(16-8-4-9-17(13-16)28(32)33)27(11-6-12-34-3)24(31)22(18)30/h4-5,7-10,13,20,29H,6,11-12H2,1-3H3/b21-18+. The summed E-state index contributed by atoms with van der Waals surface area (Å²) in [6.45, 7) is 4.16. The van der Waals surface area contributed by atoms with Gasteiger partial charge in [-0.05, 0) is 37.5 Å². The third-order valence-corrected chi connectivity index (χ3v) is 5.99. The zero-order valence-electron chi connectivity index (χ0n) is 19.0. The molecule has 4 rings (SSSR count). The number of benzene rings is 1. The number of hydrogen-bond donors (Lipinski definition) is 1. The molecule has 0 spiro atoms. The number of fused-ring (bicyclic) bond motifs is 1. The molecule has 0 aliphatic carbocycles. The first-order valence-corrected chi connectivity index (χ1v) is 10.7. The van der Waals surface area contributed by atoms with Crippen LogP contribution in [-0.2, 0) is 14.3 Å². The summed E-state index contributed by atoms with van der Waals surface area (Å²) in [5.74, 6) is -2.06. The largest absolute Gasteiger partial charge is 0.505 e. The Morgan fingerprint density at radius 2 is 2.00 bits per heavy atom. The number of methoxy groups -OCH3 is 1. The number of imidazole rings is 1. The summed E-state index contributed by atoms with van der Waals surface area (Å²) >= 11 is 0. The van der Waals surface area contributed by atoms with Crippen LogP contribution in [0, 0.1) is 24.0 Å². The van der Waals surface area contributed by atoms with Crippen LogP contribution < -0.4 is 0 Å². The number of nitro benzene ring substituents is 1. The van der Waals surface area contributed by atoms with Crippen molar-refractivity contribution in [3.8, 4) is 0 Å². The molecular weight excluding hydrogens is 440 g/mol. The number of rotatable bonds is 7. The van der Waals surface area contributed by atoms with Gasteiger partial charge in [-0.2, -0.15) is 0 Å². The van der Waals surface area contributed by atoms with Gasteiger partial charge in [0.25, 0.3) is 17.4 Å². The van der Waals surface area contributed by atoms with Crippen molar-refractivity contribution >= 4 is 28.8 Å². The number of aromatic nitrogens is 2. The number of ether oxygens (including phenoxy) is 1. The van der Waals surface area contributed by atoms with Crippen LogP contribution in [0.15, 0.2) is 48.2 Å². The van der Waals surface area contributed by atoms with Gasteiger partial charge in [-0.15, -0.1) is 0 Å². The van der Waals surface area contributed by atoms with Crippen molar-refractivity contribution in [3.05, 3.63) is 80.8 Å². The summed E-state index contributed by atoms with van der Waals surface area (Å²) in [6, 6.07) is 8.45. The number of pyridine rings is 1. The Balaban J connectivity index is 1.92. The number of nitrogens with zero attached hydrogens (tertiary/aromatic N) is 4. The van der Waals surface area contributed by atoms with Gasteiger partial charge in [-0.3, -0.25) is 19.7 Å². The molecule has 10 heteroatoms. The number of Topliss-reactive ketones (excluding diaryl/α,β-unsaturated/α-hetero) is 1. The van der Waals surface area contributed by atoms with E-state index in [-0.39, 0.29) is 23.5 Å². The molecule has 1 amide bonds. The fourth-order valence-electron chi connectivity index (χ4n) is 4.32. The average Bonchev–Trinajstić information content (AvgIpc) is 3.29. The maximum atomic E-state index is 13.2. The van der Waals surface area contributed by atoms with Gasteiger partial charge in [0.15, 0.2) is 5.76 Å². The van der Waals surface area contributed by atoms with Gasteiger partial charge in [0, 0.05) is 38.6 Å². The summed E-state index contributed by atoms with van der Waals surface area (Å²) in [5, 5.41) is 22.7. The number of nitro groups is 1. The fourth-order valence-corrected chi connectivity index (χ4v) is 4.32. The molecule has 3 heterocycles. The molecule has 176 valence electrons. The smallest absolute Gasteiger partial charge is 0.295 e. The summed E-state index contributed by atoms with van der Waals surface area (Å²) in [4.78, 5) is 42.8. The van der Waals surface area contributed by atoms with Gasteiger partial charge in [0.2, 0.25) is 0 Å². The Bertz CT molecular complexity index is 1340. The number of aliphatic hydroxyl groups is 1. The number of likely N-dealkylation sites (tertiary alicyclic amines) is 1. The number of carbonyl (C=O) groups excluding carboxylic acids is 2. The maximum absolute atomic E-state index is 13.2. The third kappa shape index (κ3) is 3.81. The van der Waals surface area contributed by atoms with Gasteiger partial charge in [0.1, 0.15) is 11.3 Å². The first-order chi connectivity index (χ1) is 16.3. The molecular formula is C24H24N4O6. The van der Waals surface area contributed by atoms with E-state index in [1.165, 1.54) is 30.2 Å². The Hall–Kier alpha value is -4.05. The van der Waals surface area contributed by atoms with Crippen molar-refractivity contribution in [2.24, 2.45) is 0 Å². The van der Waals surface area contributed by atoms with E-state index in [9.17, 15) is 24.8 Å². The number of amides is 1. The number of aliphatic hydroxyl groups excluding tert-OH is 1. The lowest BCUT2D eigenvalue weighted by Crippen LogP contribution is -2.31. The van der Waals surface area contributed by atoms with Crippen LogP contribution in [0.3, 0.4) is 0 Å². The number of carbonyl (C=O) groups is 2. The maximum Gasteiger partial charge on any atom is 0.295 e. The van der Waals surface area contributed by atoms with Crippen LogP contribution in [0.5, 0.6) is 0 Å². The van der Waals surface area contributed by atoms with E-state index in [2.05, 4.69) is 4.98 Å². The minimum atomic E-state index is -0.998. The molecule has 3 aromatic rings. The highest BCUT2D eigenvalue weighted by Gasteiger charge is 2.46. The van der Waals surface area contributed by atoms with E-state index in [1.54, 1.807) is 23.6 Å². The molecule has 0 saturated carbocycles. The molecule has 1 N–H and O–H groups in total. The van der Waals surface area contributed by atoms with Crippen molar-refractivity contribution in [1.82, 2.24) is 14.3 Å². The summed E-state index contributed by atoms with van der Waals surface area (Å²) in [6.07, 6.45) is 2.24. The molecule has 0 radical (unpaired) electrons. The second-order valence-corrected chi connectivity index (χ2v) is 8.12. The third-order valence-electron chi connectivity index (χ3n) is 5.99. The van der Waals surface area contributed by atoms with Gasteiger partial charge < -0.3 is 19.1 Å². The second-order valence-electron chi connectivity index (χ2n) is 8.12. The summed E-state index contributed by atoms with van der Waals surface area (Å²) in [7, 11) is 1.53. The summed E-state index contributed by atoms with van der Waals surface area (Å²) in [5.41, 5.74) is 2.29. The molecule has 0 bridgehead atoms. The predicted molar refractivity (Wildman–Crippen MR) is 123 cm³/mol. The molecule has 1 saturated heterocycles. The Kier molecular flexibility index (Phi) is 6.16. The lowest BCUT2D eigenvalue weighted by atomic mass is 9.96. The highest BCUT2D eigenvalue weighted by atomic mass is 16.6. The highest BCUT2D eigenvalue weighted by Crippen LogP contribution is 2.40. The molecule has 34 heavy (non-hydrogen) atoms. The van der Waals surface area contributed by atoms with Crippen LogP contribution >= 0.6 is 0 Å². The molecule has 1 fully saturated rings. The monoisotopic (exact) mass is 464 g/mol. The first kappa shape index (κ1) is 23.1. The van der Waals surface area contributed by atoms with E-state index in [1.807, 2.05) is 19.1 Å². The van der Waals surface area contributed by atoms with E-state index < -0.39 is 28.4 Å². The van der Waals surface area contributed by atoms with E-state index in [4.69, 9.17) is 4.74 Å². The van der Waals surface area contributed by atoms with Crippen molar-refractivity contribution in [2.45, 2.75) is 26.3 Å². The van der Waals surface area contributed by atoms with E-state index >= 15 is 0 Å². The average molecular weight is 464 g/mol. The molecule has 10 nitrogen and oxygen atoms in total. The van der Waals surface area contributed by atoms with Crippen molar-refractivity contribution in [2.75, 3.05) is 20.3 Å². The minimum Gasteiger partial charge on any atom is -0.505 e. The zero-order chi connectivity index (χ0) is 24.6. The molecule has 1 aliphatic heterocycles. The topological polar surface area (TPSA) is 127 Å². The van der Waals surface area contributed by atoms with Gasteiger partial charge in [-0.25, -0.2) is 4.98 Å². The number of hydrogen-bond acceptors (Lipinski definition) is 7. The van der Waals surface area contributed by atoms with Crippen molar-refractivity contribution in [1.29, 1.82) is 0 Å². The van der Waals surface area contributed by atoms with E-state index in [0.29, 0.717) is 29.9 Å². The number of non-ortho nitro benzene ring substituents is 1. The van der Waals surface area contributed by atoms with Gasteiger partial charge in [-0.1, -0.05) is 18.2 Å². The Morgan fingerprint density at radius 1 is 1.24 bits per heavy atom. The van der Waals surface area contributed by atoms with Crippen molar-refractivity contribution in [3.63, 3.8) is 0 Å². The normalized spacial score (nSPS) is 17.6. The second kappa shape index (κ2) is 9.06. The highest BCUT2D eigenvalue weighted by molar-refractivity contribution is 6.46. The van der Waals surface area contributed by atoms with Crippen molar-refractivity contribution < 1.29 is 24.4 Å². The Labute approximate surface area is 195 Å². The van der Waals surface area contributed by atoms with Crippen LogP contribution in [0.1, 0.15) is 35.0 Å². The van der Waals surface area contributed by atoms with Crippen LogP contribution in [0.4, 0.5) is 5.69 Å². The lowest BCUT2D eigenvalue weighted by molar-refractivity contribution is -0.384. The number of ketones is 1. The molecule has 1 atom stereocenters.